The van der Waals surface area contributed by atoms with Gasteiger partial charge in [-0.1, -0.05) is 122 Å². The fourth-order valence-electron chi connectivity index (χ4n) is 9.71. The average molecular weight is 1200 g/mol. The summed E-state index contributed by atoms with van der Waals surface area (Å²) in [7, 11) is 0. The van der Waals surface area contributed by atoms with E-state index in [9.17, 15) is 29.7 Å². The molecule has 9 aromatic rings. The van der Waals surface area contributed by atoms with Gasteiger partial charge in [0.05, 0.1) is 5.41 Å². The molecule has 0 saturated heterocycles. The van der Waals surface area contributed by atoms with Gasteiger partial charge in [0.25, 0.3) is 0 Å². The number of aryl methyl sites for hydroxylation is 3. The highest BCUT2D eigenvalue weighted by molar-refractivity contribution is 6.31. The van der Waals surface area contributed by atoms with Crippen LogP contribution in [0.2, 0.25) is 15.1 Å². The van der Waals surface area contributed by atoms with E-state index in [1.54, 1.807) is 72.8 Å². The van der Waals surface area contributed by atoms with Crippen molar-refractivity contribution in [3.05, 3.63) is 139 Å². The molecule has 440 valence electrons. The number of fused-ring (bicyclic) bond motifs is 3. The number of ether oxygens (including phenoxy) is 3. The molecule has 0 aliphatic rings. The van der Waals surface area contributed by atoms with Gasteiger partial charge in [-0.25, -0.2) is 0 Å². The van der Waals surface area contributed by atoms with Crippen LogP contribution < -0.4 is 0 Å². The third kappa shape index (κ3) is 13.9. The number of benzene rings is 6. The number of carbonyl (C=O) groups is 3. The Labute approximate surface area is 501 Å². The molecule has 21 heteroatoms. The number of aromatic hydroxyl groups is 3. The van der Waals surface area contributed by atoms with Crippen LogP contribution in [0.25, 0.3) is 50.2 Å². The van der Waals surface area contributed by atoms with Crippen molar-refractivity contribution in [3.63, 3.8) is 0 Å². The lowest BCUT2D eigenvalue weighted by Crippen LogP contribution is -2.39. The molecule has 3 N–H and O–H groups in total. The molecule has 0 unspecified atom stereocenters. The number of hydrogen-bond donors (Lipinski definition) is 3. The van der Waals surface area contributed by atoms with Crippen molar-refractivity contribution in [3.8, 4) is 34.3 Å². The lowest BCUT2D eigenvalue weighted by molar-refractivity contribution is -0.162. The number of rotatable bonds is 19. The second kappa shape index (κ2) is 24.1. The van der Waals surface area contributed by atoms with Gasteiger partial charge in [0, 0.05) is 51.0 Å². The van der Waals surface area contributed by atoms with Gasteiger partial charge in [-0.2, -0.15) is 0 Å². The maximum atomic E-state index is 13.9. The van der Waals surface area contributed by atoms with E-state index in [2.05, 4.69) is 30.6 Å². The molecular weight excluding hydrogens is 1130 g/mol. The van der Waals surface area contributed by atoms with Crippen LogP contribution in [0.4, 0.5) is 0 Å². The van der Waals surface area contributed by atoms with Crippen molar-refractivity contribution in [1.29, 1.82) is 0 Å². The van der Waals surface area contributed by atoms with Crippen LogP contribution in [-0.4, -0.2) is 98.0 Å². The quantitative estimate of drug-likeness (QED) is 0.0505. The Bertz CT molecular complexity index is 3580. The van der Waals surface area contributed by atoms with E-state index >= 15 is 0 Å². The van der Waals surface area contributed by atoms with Crippen LogP contribution in [0.15, 0.2) is 91.0 Å². The lowest BCUT2D eigenvalue weighted by atomic mass is 9.84. The molecule has 0 spiro atoms. The molecule has 84 heavy (non-hydrogen) atoms. The van der Waals surface area contributed by atoms with E-state index in [-0.39, 0.29) is 82.0 Å². The smallest absolute Gasteiger partial charge is 0.306 e. The molecule has 0 atom stereocenters. The predicted octanol–water partition coefficient (Wildman–Crippen LogP) is 13.1. The van der Waals surface area contributed by atoms with Gasteiger partial charge in [-0.15, -0.1) is 45.0 Å². The van der Waals surface area contributed by atoms with Crippen molar-refractivity contribution >= 4 is 85.8 Å². The minimum absolute atomic E-state index is 0.000162. The first kappa shape index (κ1) is 60.8. The van der Waals surface area contributed by atoms with E-state index in [4.69, 9.17) is 49.0 Å². The summed E-state index contributed by atoms with van der Waals surface area (Å²) in [5.41, 5.74) is 5.71. The predicted molar refractivity (Wildman–Crippen MR) is 323 cm³/mol. The number of hydrogen-bond acceptors (Lipinski definition) is 15. The van der Waals surface area contributed by atoms with Gasteiger partial charge in [0.15, 0.2) is 0 Å². The highest BCUT2D eigenvalue weighted by atomic mass is 35.5. The van der Waals surface area contributed by atoms with Gasteiger partial charge in [0.2, 0.25) is 0 Å². The SMILES string of the molecule is CCC(COC(=O)CCc1cc(-n2nc3ccc(Cl)cc3n2)c(O)c(C(C)(C)C)c1)(COC(=O)CCc1cc(-n2nc3ccc(Cl)cc3n2)c(O)c(C(C)(C)C)c1)COC(=O)CCc1cc(-n2nc3ccc(Cl)cc3n2)c(O)c(C(C)(C)C)c1. The number of aromatic nitrogens is 9. The van der Waals surface area contributed by atoms with Crippen molar-refractivity contribution in [2.75, 3.05) is 19.8 Å². The summed E-state index contributed by atoms with van der Waals surface area (Å²) in [4.78, 5) is 45.7. The van der Waals surface area contributed by atoms with Crippen molar-refractivity contribution in [2.45, 2.75) is 130 Å². The van der Waals surface area contributed by atoms with Gasteiger partial charge in [-0.3, -0.25) is 14.4 Å². The van der Waals surface area contributed by atoms with Crippen molar-refractivity contribution in [2.24, 2.45) is 5.41 Å². The summed E-state index contributed by atoms with van der Waals surface area (Å²) < 4.78 is 18.0. The third-order valence-corrected chi connectivity index (χ3v) is 15.5. The van der Waals surface area contributed by atoms with Crippen molar-refractivity contribution in [1.82, 2.24) is 45.0 Å². The highest BCUT2D eigenvalue weighted by Crippen LogP contribution is 2.40. The lowest BCUT2D eigenvalue weighted by Gasteiger charge is -2.31. The first-order valence-corrected chi connectivity index (χ1v) is 28.8. The summed E-state index contributed by atoms with van der Waals surface area (Å²) in [6.07, 6.45) is 0.736. The zero-order valence-corrected chi connectivity index (χ0v) is 50.9. The Morgan fingerprint density at radius 3 is 0.929 bits per heavy atom. The zero-order valence-electron chi connectivity index (χ0n) is 48.7. The number of phenolic OH excluding ortho intramolecular Hbond substituents is 3. The molecule has 3 heterocycles. The molecule has 0 aliphatic heterocycles. The molecule has 18 nitrogen and oxygen atoms in total. The second-order valence-corrected chi connectivity index (χ2v) is 25.8. The van der Waals surface area contributed by atoms with E-state index in [1.165, 1.54) is 14.4 Å². The molecule has 9 rings (SSSR count). The Morgan fingerprint density at radius 1 is 0.417 bits per heavy atom. The molecule has 0 amide bonds. The Morgan fingerprint density at radius 2 is 0.679 bits per heavy atom. The standard InChI is InChI=1S/C63H68Cl3N9O9/c1-11-63(33-82-54(76)21-12-36-24-42(60(2,3)4)57(79)51(27-36)73-67-45-18-15-39(64)30-48(45)70-73,34-83-55(77)22-13-37-25-43(61(5,6)7)58(80)52(28-37)74-68-46-19-16-40(65)31-49(46)71-74)35-84-56(78)23-14-38-26-44(62(8,9)10)59(81)53(29-38)75-69-47-20-17-41(66)32-50(47)72-75/h15-20,24-32,79-81H,11-14,21-23,33-35H2,1-10H3. The largest absolute Gasteiger partial charge is 0.505 e. The number of nitrogens with zero attached hydrogens (tertiary/aromatic N) is 9. The summed E-state index contributed by atoms with van der Waals surface area (Å²) in [6.45, 7) is 18.8. The van der Waals surface area contributed by atoms with E-state index in [0.717, 1.165) is 16.7 Å². The van der Waals surface area contributed by atoms with Crippen LogP contribution >= 0.6 is 34.8 Å². The Kier molecular flexibility index (Phi) is 17.4. The minimum atomic E-state index is -1.17. The minimum Gasteiger partial charge on any atom is -0.505 e. The monoisotopic (exact) mass is 1200 g/mol. The molecular formula is C63H68Cl3N9O9. The summed E-state index contributed by atoms with van der Waals surface area (Å²) in [6, 6.07) is 26.2. The van der Waals surface area contributed by atoms with Crippen LogP contribution in [0.3, 0.4) is 0 Å². The van der Waals surface area contributed by atoms with Gasteiger partial charge < -0.3 is 29.5 Å². The highest BCUT2D eigenvalue weighted by Gasteiger charge is 2.35. The van der Waals surface area contributed by atoms with Crippen LogP contribution in [-0.2, 0) is 64.1 Å². The molecule has 0 fully saturated rings. The van der Waals surface area contributed by atoms with E-state index < -0.39 is 39.6 Å². The fraction of sp³-hybridized carbons (Fsp3) is 0.381. The first-order valence-electron chi connectivity index (χ1n) is 27.7. The van der Waals surface area contributed by atoms with E-state index in [1.807, 2.05) is 87.4 Å². The molecule has 0 aliphatic carbocycles. The van der Waals surface area contributed by atoms with Gasteiger partial charge >= 0.3 is 17.9 Å². The maximum Gasteiger partial charge on any atom is 0.306 e. The van der Waals surface area contributed by atoms with Crippen LogP contribution in [0.1, 0.15) is 128 Å². The van der Waals surface area contributed by atoms with Gasteiger partial charge in [0.1, 0.15) is 87.2 Å². The molecule has 3 aromatic heterocycles. The zero-order chi connectivity index (χ0) is 60.6. The number of esters is 3. The molecule has 0 bridgehead atoms. The van der Waals surface area contributed by atoms with Crippen LogP contribution in [0.5, 0.6) is 17.2 Å². The number of carbonyl (C=O) groups excluding carboxylic acids is 3. The first-order chi connectivity index (χ1) is 39.6. The average Bonchev–Trinajstić information content (AvgIpc) is 2.78. The summed E-state index contributed by atoms with van der Waals surface area (Å²) in [5.74, 6) is -1.68. The third-order valence-electron chi connectivity index (χ3n) is 14.8. The number of phenols is 3. The molecule has 6 aromatic carbocycles. The molecule has 0 saturated carbocycles. The van der Waals surface area contributed by atoms with E-state index in [0.29, 0.717) is 81.9 Å². The molecule has 0 radical (unpaired) electrons. The van der Waals surface area contributed by atoms with Crippen LogP contribution in [0, 0.1) is 5.41 Å². The topological polar surface area (TPSA) is 232 Å². The van der Waals surface area contributed by atoms with Crippen molar-refractivity contribution < 1.29 is 43.9 Å². The summed E-state index contributed by atoms with van der Waals surface area (Å²) >= 11 is 18.7. The summed E-state index contributed by atoms with van der Waals surface area (Å²) in [5, 5.41) is 63.7. The fourth-order valence-corrected chi connectivity index (χ4v) is 10.2. The number of halogens is 3. The van der Waals surface area contributed by atoms with Gasteiger partial charge in [-0.05, 0) is 131 Å². The Balaban J connectivity index is 0.927. The second-order valence-electron chi connectivity index (χ2n) is 24.5. The normalized spacial score (nSPS) is 12.4. The Hall–Kier alpha value is -7.80. The maximum absolute atomic E-state index is 13.9.